The van der Waals surface area contributed by atoms with Gasteiger partial charge in [0.1, 0.15) is 9.77 Å². The molecule has 0 aliphatic heterocycles. The molecule has 1 atom stereocenters. The standard InChI is InChI=1S/C11H17NO5S2/c1-4-8(7-16-2)12-19(14,15)9-5-6-18-10(9)11(13)17-3/h5-6,8,12H,4,7H2,1-3H3. The highest BCUT2D eigenvalue weighted by atomic mass is 32.2. The lowest BCUT2D eigenvalue weighted by atomic mass is 10.3. The number of hydrogen-bond donors (Lipinski definition) is 1. The van der Waals surface area contributed by atoms with Crippen LogP contribution < -0.4 is 4.72 Å². The van der Waals surface area contributed by atoms with Crippen molar-refractivity contribution in [2.75, 3.05) is 20.8 Å². The highest BCUT2D eigenvalue weighted by molar-refractivity contribution is 7.89. The van der Waals surface area contributed by atoms with Crippen LogP contribution in [0.5, 0.6) is 0 Å². The van der Waals surface area contributed by atoms with Gasteiger partial charge in [0.2, 0.25) is 10.0 Å². The molecule has 0 aliphatic carbocycles. The molecular weight excluding hydrogens is 290 g/mol. The van der Waals surface area contributed by atoms with E-state index in [-0.39, 0.29) is 22.4 Å². The first-order valence-corrected chi connectivity index (χ1v) is 7.99. The van der Waals surface area contributed by atoms with Crippen LogP contribution in [0.4, 0.5) is 0 Å². The van der Waals surface area contributed by atoms with Gasteiger partial charge in [-0.3, -0.25) is 0 Å². The number of hydrogen-bond acceptors (Lipinski definition) is 6. The first-order valence-electron chi connectivity index (χ1n) is 5.63. The van der Waals surface area contributed by atoms with E-state index in [1.807, 2.05) is 6.92 Å². The van der Waals surface area contributed by atoms with Gasteiger partial charge in [-0.2, -0.15) is 0 Å². The first kappa shape index (κ1) is 16.1. The summed E-state index contributed by atoms with van der Waals surface area (Å²) in [5.41, 5.74) is 0. The van der Waals surface area contributed by atoms with Crippen LogP contribution in [0.3, 0.4) is 0 Å². The third-order valence-corrected chi connectivity index (χ3v) is 5.06. The predicted octanol–water partition coefficient (Wildman–Crippen LogP) is 1.24. The van der Waals surface area contributed by atoms with Crippen molar-refractivity contribution in [1.29, 1.82) is 0 Å². The number of sulfonamides is 1. The zero-order valence-corrected chi connectivity index (χ0v) is 12.6. The van der Waals surface area contributed by atoms with E-state index in [0.29, 0.717) is 6.42 Å². The fourth-order valence-electron chi connectivity index (χ4n) is 1.47. The number of esters is 1. The molecule has 0 aliphatic rings. The monoisotopic (exact) mass is 307 g/mol. The maximum Gasteiger partial charge on any atom is 0.349 e. The molecule has 6 nitrogen and oxygen atoms in total. The molecule has 0 saturated carbocycles. The molecule has 0 bridgehead atoms. The summed E-state index contributed by atoms with van der Waals surface area (Å²) in [5.74, 6) is -0.657. The van der Waals surface area contributed by atoms with Gasteiger partial charge in [0.25, 0.3) is 0 Å². The number of carbonyl (C=O) groups is 1. The lowest BCUT2D eigenvalue weighted by Crippen LogP contribution is -2.37. The highest BCUT2D eigenvalue weighted by Gasteiger charge is 2.26. The van der Waals surface area contributed by atoms with E-state index in [4.69, 9.17) is 4.74 Å². The molecule has 8 heteroatoms. The highest BCUT2D eigenvalue weighted by Crippen LogP contribution is 2.23. The van der Waals surface area contributed by atoms with E-state index in [1.165, 1.54) is 25.7 Å². The van der Waals surface area contributed by atoms with Gasteiger partial charge in [-0.25, -0.2) is 17.9 Å². The number of nitrogens with one attached hydrogen (secondary N) is 1. The van der Waals surface area contributed by atoms with E-state index >= 15 is 0 Å². The summed E-state index contributed by atoms with van der Waals surface area (Å²) < 4.78 is 36.4. The van der Waals surface area contributed by atoms with Gasteiger partial charge in [-0.1, -0.05) is 6.92 Å². The molecule has 0 radical (unpaired) electrons. The van der Waals surface area contributed by atoms with Crippen molar-refractivity contribution in [3.63, 3.8) is 0 Å². The summed E-state index contributed by atoms with van der Waals surface area (Å²) in [7, 11) is -1.04. The van der Waals surface area contributed by atoms with Crippen molar-refractivity contribution in [2.24, 2.45) is 0 Å². The molecule has 0 fully saturated rings. The number of carbonyl (C=O) groups excluding carboxylic acids is 1. The van der Waals surface area contributed by atoms with Crippen LogP contribution in [0.1, 0.15) is 23.0 Å². The van der Waals surface area contributed by atoms with E-state index in [1.54, 1.807) is 0 Å². The van der Waals surface area contributed by atoms with Crippen LogP contribution in [-0.4, -0.2) is 41.3 Å². The van der Waals surface area contributed by atoms with Crippen LogP contribution in [0.15, 0.2) is 16.3 Å². The second-order valence-corrected chi connectivity index (χ2v) is 6.39. The van der Waals surface area contributed by atoms with Gasteiger partial charge >= 0.3 is 5.97 Å². The quantitative estimate of drug-likeness (QED) is 0.766. The van der Waals surface area contributed by atoms with Crippen LogP contribution in [0, 0.1) is 0 Å². The molecule has 0 saturated heterocycles. The normalized spacial score (nSPS) is 13.2. The van der Waals surface area contributed by atoms with Crippen molar-refractivity contribution in [2.45, 2.75) is 24.3 Å². The SMILES string of the molecule is CCC(COC)NS(=O)(=O)c1ccsc1C(=O)OC. The predicted molar refractivity (Wildman–Crippen MR) is 71.9 cm³/mol. The van der Waals surface area contributed by atoms with Crippen molar-refractivity contribution >= 4 is 27.3 Å². The van der Waals surface area contributed by atoms with E-state index in [0.717, 1.165) is 11.3 Å². The van der Waals surface area contributed by atoms with Crippen molar-refractivity contribution in [3.8, 4) is 0 Å². The Kier molecular flexibility index (Phi) is 5.92. The Morgan fingerprint density at radius 1 is 1.47 bits per heavy atom. The largest absolute Gasteiger partial charge is 0.465 e. The number of rotatable bonds is 7. The zero-order chi connectivity index (χ0) is 14.5. The second kappa shape index (κ2) is 6.99. The van der Waals surface area contributed by atoms with Crippen LogP contribution >= 0.6 is 11.3 Å². The first-order chi connectivity index (χ1) is 8.96. The van der Waals surface area contributed by atoms with Gasteiger partial charge in [0, 0.05) is 13.2 Å². The molecule has 1 N–H and O–H groups in total. The number of ether oxygens (including phenoxy) is 2. The summed E-state index contributed by atoms with van der Waals surface area (Å²) >= 11 is 1.03. The van der Waals surface area contributed by atoms with Crippen molar-refractivity contribution in [1.82, 2.24) is 4.72 Å². The van der Waals surface area contributed by atoms with E-state index < -0.39 is 16.0 Å². The summed E-state index contributed by atoms with van der Waals surface area (Å²) in [4.78, 5) is 11.5. The minimum atomic E-state index is -3.76. The Morgan fingerprint density at radius 3 is 2.68 bits per heavy atom. The number of methoxy groups -OCH3 is 2. The third kappa shape index (κ3) is 4.00. The third-order valence-electron chi connectivity index (χ3n) is 2.47. The van der Waals surface area contributed by atoms with Gasteiger partial charge in [0.15, 0.2) is 0 Å². The lowest BCUT2D eigenvalue weighted by Gasteiger charge is -2.16. The van der Waals surface area contributed by atoms with Crippen molar-refractivity contribution < 1.29 is 22.7 Å². The molecule has 0 amide bonds. The van der Waals surface area contributed by atoms with Gasteiger partial charge in [-0.05, 0) is 17.9 Å². The second-order valence-electron chi connectivity index (χ2n) is 3.79. The lowest BCUT2D eigenvalue weighted by molar-refractivity contribution is 0.0602. The van der Waals surface area contributed by atoms with Crippen LogP contribution in [0.2, 0.25) is 0 Å². The molecule has 1 heterocycles. The minimum Gasteiger partial charge on any atom is -0.465 e. The summed E-state index contributed by atoms with van der Waals surface area (Å²) in [6, 6.07) is 1.05. The minimum absolute atomic E-state index is 0.0566. The maximum atomic E-state index is 12.2. The molecule has 108 valence electrons. The fourth-order valence-corrected chi connectivity index (χ4v) is 4.11. The molecule has 0 spiro atoms. The zero-order valence-electron chi connectivity index (χ0n) is 11.0. The van der Waals surface area contributed by atoms with Crippen LogP contribution in [-0.2, 0) is 19.5 Å². The van der Waals surface area contributed by atoms with E-state index in [2.05, 4.69) is 9.46 Å². The van der Waals surface area contributed by atoms with E-state index in [9.17, 15) is 13.2 Å². The van der Waals surface area contributed by atoms with Gasteiger partial charge < -0.3 is 9.47 Å². The van der Waals surface area contributed by atoms with Gasteiger partial charge in [0.05, 0.1) is 13.7 Å². The average Bonchev–Trinajstić information content (AvgIpc) is 2.87. The summed E-state index contributed by atoms with van der Waals surface area (Å²) in [6.07, 6.45) is 0.588. The topological polar surface area (TPSA) is 81.7 Å². The molecular formula is C11H17NO5S2. The Morgan fingerprint density at radius 2 is 2.16 bits per heavy atom. The Bertz CT molecular complexity index is 523. The molecule has 1 unspecified atom stereocenters. The Hall–Kier alpha value is -0.960. The molecule has 19 heavy (non-hydrogen) atoms. The maximum absolute atomic E-state index is 12.2. The van der Waals surface area contributed by atoms with Gasteiger partial charge in [-0.15, -0.1) is 11.3 Å². The van der Waals surface area contributed by atoms with Crippen molar-refractivity contribution in [3.05, 3.63) is 16.3 Å². The molecule has 0 aromatic carbocycles. The smallest absolute Gasteiger partial charge is 0.349 e. The van der Waals surface area contributed by atoms with Crippen LogP contribution in [0.25, 0.3) is 0 Å². The molecule has 1 aromatic heterocycles. The fraction of sp³-hybridized carbons (Fsp3) is 0.545. The molecule has 1 rings (SSSR count). The Labute approximate surface area is 116 Å². The summed E-state index contributed by atoms with van der Waals surface area (Å²) in [5, 5.41) is 1.54. The Balaban J connectivity index is 3.00. The number of thiophene rings is 1. The average molecular weight is 307 g/mol. The molecule has 1 aromatic rings. The summed E-state index contributed by atoms with van der Waals surface area (Å²) in [6.45, 7) is 2.12.